The Morgan fingerprint density at radius 1 is 1.30 bits per heavy atom. The molecular formula is C12H16ClF3N2O2. The molecule has 0 aliphatic rings. The summed E-state index contributed by atoms with van der Waals surface area (Å²) < 4.78 is 40.9. The monoisotopic (exact) mass is 312 g/mol. The molecule has 1 rings (SSSR count). The largest absolute Gasteiger partial charge is 0.482 e. The molecule has 1 amide bonds. The number of hydrogen-bond donors (Lipinski definition) is 2. The van der Waals surface area contributed by atoms with Crippen LogP contribution in [0.1, 0.15) is 12.8 Å². The summed E-state index contributed by atoms with van der Waals surface area (Å²) in [6.07, 6.45) is -3.70. The van der Waals surface area contributed by atoms with Crippen molar-refractivity contribution in [3.63, 3.8) is 0 Å². The fourth-order valence-corrected chi connectivity index (χ4v) is 1.33. The van der Waals surface area contributed by atoms with E-state index < -0.39 is 12.8 Å². The topological polar surface area (TPSA) is 64.4 Å². The van der Waals surface area contributed by atoms with Gasteiger partial charge in [-0.25, -0.2) is 0 Å². The van der Waals surface area contributed by atoms with E-state index in [1.807, 2.05) is 0 Å². The molecule has 0 heterocycles. The summed E-state index contributed by atoms with van der Waals surface area (Å²) in [6.45, 7) is -1.03. The van der Waals surface area contributed by atoms with Gasteiger partial charge in [0.1, 0.15) is 5.75 Å². The molecule has 0 saturated heterocycles. The number of para-hydroxylation sites is 2. The summed E-state index contributed by atoms with van der Waals surface area (Å²) in [7, 11) is 0. The number of benzene rings is 1. The second-order valence-corrected chi connectivity index (χ2v) is 3.84. The minimum absolute atomic E-state index is 0. The van der Waals surface area contributed by atoms with Crippen LogP contribution < -0.4 is 15.8 Å². The summed E-state index contributed by atoms with van der Waals surface area (Å²) >= 11 is 0. The first-order valence-electron chi connectivity index (χ1n) is 5.71. The Balaban J connectivity index is 0.00000361. The van der Waals surface area contributed by atoms with Gasteiger partial charge < -0.3 is 15.8 Å². The number of rotatable bonds is 6. The van der Waals surface area contributed by atoms with Gasteiger partial charge in [-0.3, -0.25) is 4.79 Å². The summed E-state index contributed by atoms with van der Waals surface area (Å²) in [5.74, 6) is -0.325. The maximum atomic E-state index is 12.1. The number of carbonyl (C=O) groups excluding carboxylic acids is 1. The molecule has 0 atom stereocenters. The molecule has 3 N–H and O–H groups in total. The van der Waals surface area contributed by atoms with Gasteiger partial charge in [0.25, 0.3) is 0 Å². The van der Waals surface area contributed by atoms with Crippen molar-refractivity contribution in [3.05, 3.63) is 24.3 Å². The number of ether oxygens (including phenoxy) is 1. The molecule has 0 aliphatic carbocycles. The van der Waals surface area contributed by atoms with E-state index in [9.17, 15) is 18.0 Å². The summed E-state index contributed by atoms with van der Waals surface area (Å²) in [6, 6.07) is 5.97. The quantitative estimate of drug-likeness (QED) is 0.849. The predicted octanol–water partition coefficient (Wildman–Crippen LogP) is 2.73. The van der Waals surface area contributed by atoms with Gasteiger partial charge in [-0.15, -0.1) is 12.4 Å². The van der Waals surface area contributed by atoms with Gasteiger partial charge in [0.15, 0.2) is 6.61 Å². The molecule has 0 bridgehead atoms. The van der Waals surface area contributed by atoms with Crippen LogP contribution in [0.15, 0.2) is 24.3 Å². The molecule has 8 heteroatoms. The van der Waals surface area contributed by atoms with Crippen molar-refractivity contribution >= 4 is 24.0 Å². The molecule has 0 radical (unpaired) electrons. The van der Waals surface area contributed by atoms with E-state index in [0.29, 0.717) is 13.0 Å². The third kappa shape index (κ3) is 7.20. The Morgan fingerprint density at radius 3 is 2.55 bits per heavy atom. The van der Waals surface area contributed by atoms with Crippen LogP contribution in [-0.2, 0) is 4.79 Å². The van der Waals surface area contributed by atoms with Crippen molar-refractivity contribution in [2.75, 3.05) is 18.5 Å². The lowest BCUT2D eigenvalue weighted by atomic mass is 10.2. The van der Waals surface area contributed by atoms with Crippen LogP contribution in [0.4, 0.5) is 18.9 Å². The average molecular weight is 313 g/mol. The smallest absolute Gasteiger partial charge is 0.422 e. The standard InChI is InChI=1S/C12H15F3N2O2.ClH/c13-12(14,15)8-19-10-5-2-1-4-9(10)17-11(18)6-3-7-16;/h1-2,4-5H,3,6-8,16H2,(H,17,18);1H. The van der Waals surface area contributed by atoms with Crippen LogP contribution >= 0.6 is 12.4 Å². The van der Waals surface area contributed by atoms with Gasteiger partial charge in [0.2, 0.25) is 5.91 Å². The van der Waals surface area contributed by atoms with Gasteiger partial charge in [-0.2, -0.15) is 13.2 Å². The highest BCUT2D eigenvalue weighted by molar-refractivity contribution is 5.92. The van der Waals surface area contributed by atoms with E-state index in [-0.39, 0.29) is 36.2 Å². The zero-order valence-corrected chi connectivity index (χ0v) is 11.4. The maximum Gasteiger partial charge on any atom is 0.422 e. The third-order valence-corrected chi connectivity index (χ3v) is 2.16. The van der Waals surface area contributed by atoms with Crippen molar-refractivity contribution in [2.24, 2.45) is 5.73 Å². The molecule has 114 valence electrons. The number of hydrogen-bond acceptors (Lipinski definition) is 3. The highest BCUT2D eigenvalue weighted by Gasteiger charge is 2.28. The molecule has 4 nitrogen and oxygen atoms in total. The molecule has 0 unspecified atom stereocenters. The lowest BCUT2D eigenvalue weighted by Gasteiger charge is -2.13. The second-order valence-electron chi connectivity index (χ2n) is 3.84. The molecule has 0 aromatic heterocycles. The lowest BCUT2D eigenvalue weighted by molar-refractivity contribution is -0.153. The van der Waals surface area contributed by atoms with Crippen molar-refractivity contribution < 1.29 is 22.7 Å². The van der Waals surface area contributed by atoms with Crippen LogP contribution in [0.2, 0.25) is 0 Å². The Kier molecular flexibility index (Phi) is 8.02. The first-order valence-corrected chi connectivity index (χ1v) is 5.71. The molecule has 1 aromatic rings. The first-order chi connectivity index (χ1) is 8.92. The van der Waals surface area contributed by atoms with Crippen LogP contribution in [0.5, 0.6) is 5.75 Å². The van der Waals surface area contributed by atoms with Gasteiger partial charge in [0.05, 0.1) is 5.69 Å². The average Bonchev–Trinajstić information content (AvgIpc) is 2.34. The van der Waals surface area contributed by atoms with Gasteiger partial charge in [-0.1, -0.05) is 12.1 Å². The van der Waals surface area contributed by atoms with Crippen LogP contribution in [0, 0.1) is 0 Å². The normalized spacial score (nSPS) is 10.6. The van der Waals surface area contributed by atoms with E-state index in [2.05, 4.69) is 10.1 Å². The predicted molar refractivity (Wildman–Crippen MR) is 72.2 cm³/mol. The highest BCUT2D eigenvalue weighted by atomic mass is 35.5. The third-order valence-electron chi connectivity index (χ3n) is 2.16. The maximum absolute atomic E-state index is 12.1. The first kappa shape index (κ1) is 18.5. The minimum atomic E-state index is -4.42. The van der Waals surface area contributed by atoms with Crippen LogP contribution in [-0.4, -0.2) is 25.2 Å². The molecule has 0 spiro atoms. The van der Waals surface area contributed by atoms with E-state index in [1.165, 1.54) is 18.2 Å². The fraction of sp³-hybridized carbons (Fsp3) is 0.417. The van der Waals surface area contributed by atoms with E-state index >= 15 is 0 Å². The van der Waals surface area contributed by atoms with E-state index in [4.69, 9.17) is 5.73 Å². The van der Waals surface area contributed by atoms with Crippen molar-refractivity contribution in [1.29, 1.82) is 0 Å². The summed E-state index contributed by atoms with van der Waals surface area (Å²) in [4.78, 5) is 11.5. The van der Waals surface area contributed by atoms with E-state index in [1.54, 1.807) is 6.07 Å². The summed E-state index contributed by atoms with van der Waals surface area (Å²) in [5.41, 5.74) is 5.48. The van der Waals surface area contributed by atoms with Gasteiger partial charge in [-0.05, 0) is 25.1 Å². The number of amides is 1. The minimum Gasteiger partial charge on any atom is -0.482 e. The Hall–Kier alpha value is -1.47. The van der Waals surface area contributed by atoms with Crippen LogP contribution in [0.3, 0.4) is 0 Å². The van der Waals surface area contributed by atoms with Gasteiger partial charge in [0, 0.05) is 6.42 Å². The number of halogens is 4. The highest BCUT2D eigenvalue weighted by Crippen LogP contribution is 2.26. The van der Waals surface area contributed by atoms with Crippen LogP contribution in [0.25, 0.3) is 0 Å². The number of nitrogens with two attached hydrogens (primary N) is 1. The molecule has 0 saturated carbocycles. The lowest BCUT2D eigenvalue weighted by Crippen LogP contribution is -2.20. The molecular weight excluding hydrogens is 297 g/mol. The second kappa shape index (κ2) is 8.65. The molecule has 1 aromatic carbocycles. The fourth-order valence-electron chi connectivity index (χ4n) is 1.33. The van der Waals surface area contributed by atoms with Crippen molar-refractivity contribution in [2.45, 2.75) is 19.0 Å². The van der Waals surface area contributed by atoms with Gasteiger partial charge >= 0.3 is 6.18 Å². The molecule has 20 heavy (non-hydrogen) atoms. The SMILES string of the molecule is Cl.NCCCC(=O)Nc1ccccc1OCC(F)(F)F. The zero-order chi connectivity index (χ0) is 14.3. The number of nitrogens with one attached hydrogen (secondary N) is 1. The molecule has 0 aliphatic heterocycles. The Bertz CT molecular complexity index is 427. The Labute approximate surface area is 120 Å². The Morgan fingerprint density at radius 2 is 1.95 bits per heavy atom. The van der Waals surface area contributed by atoms with Crippen molar-refractivity contribution in [3.8, 4) is 5.75 Å². The molecule has 0 fully saturated rings. The van der Waals surface area contributed by atoms with Crippen molar-refractivity contribution in [1.82, 2.24) is 0 Å². The number of anilines is 1. The zero-order valence-electron chi connectivity index (χ0n) is 10.6. The summed E-state index contributed by atoms with van der Waals surface area (Å²) in [5, 5.41) is 2.49. The number of carbonyl (C=O) groups is 1. The number of alkyl halides is 3. The van der Waals surface area contributed by atoms with E-state index in [0.717, 1.165) is 0 Å².